The lowest BCUT2D eigenvalue weighted by Crippen LogP contribution is -2.02. The van der Waals surface area contributed by atoms with E-state index in [1.165, 1.54) is 5.56 Å². The molecule has 2 aromatic rings. The highest BCUT2D eigenvalue weighted by molar-refractivity contribution is 6.30. The van der Waals surface area contributed by atoms with Gasteiger partial charge in [0.25, 0.3) is 0 Å². The second kappa shape index (κ2) is 6.64. The van der Waals surface area contributed by atoms with Gasteiger partial charge < -0.3 is 9.72 Å². The zero-order valence-electron chi connectivity index (χ0n) is 11.7. The molecule has 0 atom stereocenters. The number of nitrogens with one attached hydrogen (secondary N) is 1. The second-order valence-corrected chi connectivity index (χ2v) is 5.39. The Morgan fingerprint density at radius 3 is 3.00 bits per heavy atom. The summed E-state index contributed by atoms with van der Waals surface area (Å²) in [6, 6.07) is 8.29. The standard InChI is InChI=1S/C17H17ClN2O/c18-15-7-3-4-8-17(15)21-10-9-13-5-1-2-6-14(13)16-11-19-12-20-16/h1-2,4-6,8,11-12H,3,7,9-10H2,(H,19,20). The van der Waals surface area contributed by atoms with Gasteiger partial charge in [-0.3, -0.25) is 0 Å². The van der Waals surface area contributed by atoms with E-state index in [4.69, 9.17) is 16.3 Å². The Morgan fingerprint density at radius 1 is 1.29 bits per heavy atom. The Morgan fingerprint density at radius 2 is 2.19 bits per heavy atom. The lowest BCUT2D eigenvalue weighted by molar-refractivity contribution is 0.225. The van der Waals surface area contributed by atoms with Crippen LogP contribution < -0.4 is 0 Å². The number of benzene rings is 1. The first kappa shape index (κ1) is 14.0. The predicted octanol–water partition coefficient (Wildman–Crippen LogP) is 4.44. The van der Waals surface area contributed by atoms with E-state index in [-0.39, 0.29) is 0 Å². The summed E-state index contributed by atoms with van der Waals surface area (Å²) in [6.45, 7) is 0.612. The molecule has 1 aliphatic rings. The third-order valence-corrected chi connectivity index (χ3v) is 3.88. The zero-order chi connectivity index (χ0) is 14.5. The Kier molecular flexibility index (Phi) is 4.41. The van der Waals surface area contributed by atoms with E-state index in [2.05, 4.69) is 28.2 Å². The van der Waals surface area contributed by atoms with Gasteiger partial charge in [-0.25, -0.2) is 4.98 Å². The Labute approximate surface area is 129 Å². The number of imidazole rings is 1. The van der Waals surface area contributed by atoms with Crippen LogP contribution in [0.3, 0.4) is 0 Å². The Bertz CT molecular complexity index is 659. The van der Waals surface area contributed by atoms with Crippen molar-refractivity contribution in [3.8, 4) is 11.3 Å². The summed E-state index contributed by atoms with van der Waals surface area (Å²) in [5, 5.41) is 0.819. The summed E-state index contributed by atoms with van der Waals surface area (Å²) >= 11 is 6.17. The van der Waals surface area contributed by atoms with Gasteiger partial charge in [-0.2, -0.15) is 0 Å². The SMILES string of the molecule is ClC1=C(OCCc2ccccc2-c2cnc[nH]2)C=CCC1. The van der Waals surface area contributed by atoms with Crippen molar-refractivity contribution in [2.45, 2.75) is 19.3 Å². The first-order chi connectivity index (χ1) is 10.3. The lowest BCUT2D eigenvalue weighted by atomic mass is 10.0. The van der Waals surface area contributed by atoms with Gasteiger partial charge in [0.2, 0.25) is 0 Å². The minimum absolute atomic E-state index is 0.612. The van der Waals surface area contributed by atoms with Crippen molar-refractivity contribution in [1.82, 2.24) is 9.97 Å². The fourth-order valence-electron chi connectivity index (χ4n) is 2.42. The first-order valence-electron chi connectivity index (χ1n) is 7.09. The molecule has 3 nitrogen and oxygen atoms in total. The lowest BCUT2D eigenvalue weighted by Gasteiger charge is -2.13. The molecule has 0 saturated heterocycles. The maximum atomic E-state index is 6.17. The summed E-state index contributed by atoms with van der Waals surface area (Å²) in [7, 11) is 0. The van der Waals surface area contributed by atoms with E-state index >= 15 is 0 Å². The molecule has 4 heteroatoms. The highest BCUT2D eigenvalue weighted by Gasteiger charge is 2.09. The Balaban J connectivity index is 1.68. The van der Waals surface area contributed by atoms with Crippen LogP contribution in [-0.2, 0) is 11.2 Å². The van der Waals surface area contributed by atoms with Gasteiger partial charge in [0.05, 0.1) is 29.9 Å². The quantitative estimate of drug-likeness (QED) is 0.886. The fraction of sp³-hybridized carbons (Fsp3) is 0.235. The second-order valence-electron chi connectivity index (χ2n) is 4.93. The van der Waals surface area contributed by atoms with Crippen LogP contribution in [0.15, 0.2) is 59.7 Å². The average Bonchev–Trinajstić information content (AvgIpc) is 3.04. The topological polar surface area (TPSA) is 37.9 Å². The van der Waals surface area contributed by atoms with E-state index in [1.54, 1.807) is 6.33 Å². The Hall–Kier alpha value is -2.00. The number of hydrogen-bond donors (Lipinski definition) is 1. The number of allylic oxidation sites excluding steroid dienone is 3. The van der Waals surface area contributed by atoms with Crippen molar-refractivity contribution in [2.75, 3.05) is 6.61 Å². The summed E-state index contributed by atoms with van der Waals surface area (Å²) in [6.07, 6.45) is 10.3. The summed E-state index contributed by atoms with van der Waals surface area (Å²) < 4.78 is 5.81. The largest absolute Gasteiger partial charge is 0.492 e. The molecule has 1 heterocycles. The molecular formula is C17H17ClN2O. The molecule has 108 valence electrons. The van der Waals surface area contributed by atoms with E-state index < -0.39 is 0 Å². The number of H-pyrrole nitrogens is 1. The minimum atomic E-state index is 0.612. The van der Waals surface area contributed by atoms with E-state index in [0.29, 0.717) is 6.61 Å². The third-order valence-electron chi connectivity index (χ3n) is 3.50. The van der Waals surface area contributed by atoms with E-state index in [0.717, 1.165) is 41.3 Å². The van der Waals surface area contributed by atoms with Crippen LogP contribution in [0.1, 0.15) is 18.4 Å². The maximum absolute atomic E-state index is 6.17. The number of aromatic nitrogens is 2. The highest BCUT2D eigenvalue weighted by Crippen LogP contribution is 2.24. The maximum Gasteiger partial charge on any atom is 0.133 e. The van der Waals surface area contributed by atoms with Crippen LogP contribution in [0, 0.1) is 0 Å². The normalized spacial score (nSPS) is 14.5. The smallest absolute Gasteiger partial charge is 0.133 e. The number of ether oxygens (including phenoxy) is 1. The van der Waals surface area contributed by atoms with Gasteiger partial charge in [-0.15, -0.1) is 0 Å². The molecule has 1 N–H and O–H groups in total. The van der Waals surface area contributed by atoms with Gasteiger partial charge in [-0.1, -0.05) is 41.9 Å². The molecule has 1 aromatic carbocycles. The van der Waals surface area contributed by atoms with Crippen molar-refractivity contribution < 1.29 is 4.74 Å². The molecule has 0 unspecified atom stereocenters. The summed E-state index contributed by atoms with van der Waals surface area (Å²) in [5.41, 5.74) is 3.43. The molecule has 0 aliphatic heterocycles. The van der Waals surface area contributed by atoms with Crippen LogP contribution in [-0.4, -0.2) is 16.6 Å². The van der Waals surface area contributed by atoms with Crippen LogP contribution in [0.25, 0.3) is 11.3 Å². The van der Waals surface area contributed by atoms with Crippen molar-refractivity contribution in [1.29, 1.82) is 0 Å². The van der Waals surface area contributed by atoms with Crippen molar-refractivity contribution in [2.24, 2.45) is 0 Å². The number of hydrogen-bond acceptors (Lipinski definition) is 2. The molecule has 0 spiro atoms. The van der Waals surface area contributed by atoms with Crippen LogP contribution >= 0.6 is 11.6 Å². The zero-order valence-corrected chi connectivity index (χ0v) is 12.4. The van der Waals surface area contributed by atoms with Gasteiger partial charge in [0.1, 0.15) is 5.76 Å². The van der Waals surface area contributed by atoms with E-state index in [9.17, 15) is 0 Å². The van der Waals surface area contributed by atoms with Gasteiger partial charge in [-0.05, 0) is 24.5 Å². The average molecular weight is 301 g/mol. The molecule has 0 saturated carbocycles. The number of rotatable bonds is 5. The predicted molar refractivity (Wildman–Crippen MR) is 84.9 cm³/mol. The molecule has 3 rings (SSSR count). The van der Waals surface area contributed by atoms with Gasteiger partial charge >= 0.3 is 0 Å². The molecule has 0 fully saturated rings. The first-order valence-corrected chi connectivity index (χ1v) is 7.47. The van der Waals surface area contributed by atoms with Crippen molar-refractivity contribution in [3.05, 3.63) is 65.3 Å². The molecular weight excluding hydrogens is 284 g/mol. The van der Waals surface area contributed by atoms with Gasteiger partial charge in [0, 0.05) is 12.0 Å². The van der Waals surface area contributed by atoms with Crippen LogP contribution in [0.4, 0.5) is 0 Å². The summed E-state index contributed by atoms with van der Waals surface area (Å²) in [5.74, 6) is 0.807. The van der Waals surface area contributed by atoms with Crippen molar-refractivity contribution in [3.63, 3.8) is 0 Å². The van der Waals surface area contributed by atoms with Crippen LogP contribution in [0.2, 0.25) is 0 Å². The number of halogens is 1. The molecule has 1 aliphatic carbocycles. The van der Waals surface area contributed by atoms with Gasteiger partial charge in [0.15, 0.2) is 0 Å². The molecule has 1 aromatic heterocycles. The monoisotopic (exact) mass is 300 g/mol. The third kappa shape index (κ3) is 3.37. The molecule has 21 heavy (non-hydrogen) atoms. The number of aromatic amines is 1. The number of nitrogens with zero attached hydrogens (tertiary/aromatic N) is 1. The highest BCUT2D eigenvalue weighted by atomic mass is 35.5. The minimum Gasteiger partial charge on any atom is -0.492 e. The van der Waals surface area contributed by atoms with Crippen molar-refractivity contribution >= 4 is 11.6 Å². The molecule has 0 amide bonds. The molecule has 0 radical (unpaired) electrons. The van der Waals surface area contributed by atoms with E-state index in [1.807, 2.05) is 24.4 Å². The summed E-state index contributed by atoms with van der Waals surface area (Å²) in [4.78, 5) is 7.23. The molecule has 0 bridgehead atoms. The fourth-order valence-corrected chi connectivity index (χ4v) is 2.64. The van der Waals surface area contributed by atoms with Crippen LogP contribution in [0.5, 0.6) is 0 Å².